The summed E-state index contributed by atoms with van der Waals surface area (Å²) in [6.07, 6.45) is 0.559. The van der Waals surface area contributed by atoms with Crippen molar-refractivity contribution in [3.05, 3.63) is 30.1 Å². The number of nitrogen functional groups attached to an aromatic ring is 1. The van der Waals surface area contributed by atoms with E-state index in [2.05, 4.69) is 10.1 Å². The molecule has 19 heavy (non-hydrogen) atoms. The number of sulfone groups is 1. The van der Waals surface area contributed by atoms with Crippen molar-refractivity contribution in [1.82, 2.24) is 10.1 Å². The van der Waals surface area contributed by atoms with E-state index in [1.54, 1.807) is 24.3 Å². The van der Waals surface area contributed by atoms with Gasteiger partial charge in [0.05, 0.1) is 11.5 Å². The summed E-state index contributed by atoms with van der Waals surface area (Å²) in [5, 5.41) is 3.88. The second-order valence-corrected chi connectivity index (χ2v) is 6.91. The van der Waals surface area contributed by atoms with Gasteiger partial charge in [-0.05, 0) is 30.7 Å². The molecule has 1 fully saturated rings. The predicted octanol–water partition coefficient (Wildman–Crippen LogP) is 1.22. The lowest BCUT2D eigenvalue weighted by Crippen LogP contribution is -2.05. The van der Waals surface area contributed by atoms with Crippen LogP contribution >= 0.6 is 0 Å². The van der Waals surface area contributed by atoms with E-state index in [9.17, 15) is 8.42 Å². The van der Waals surface area contributed by atoms with Gasteiger partial charge in [0, 0.05) is 17.2 Å². The fourth-order valence-electron chi connectivity index (χ4n) is 2.14. The molecule has 0 aliphatic carbocycles. The Bertz CT molecular complexity index is 691. The van der Waals surface area contributed by atoms with Crippen molar-refractivity contribution < 1.29 is 12.9 Å². The number of aromatic nitrogens is 2. The van der Waals surface area contributed by atoms with Gasteiger partial charge in [0.1, 0.15) is 0 Å². The molecule has 0 bridgehead atoms. The molecule has 2 aromatic rings. The Morgan fingerprint density at radius 3 is 2.63 bits per heavy atom. The van der Waals surface area contributed by atoms with Crippen molar-refractivity contribution in [3.63, 3.8) is 0 Å². The van der Waals surface area contributed by atoms with Crippen LogP contribution in [0.2, 0.25) is 0 Å². The quantitative estimate of drug-likeness (QED) is 0.830. The molecule has 1 aliphatic rings. The van der Waals surface area contributed by atoms with E-state index in [4.69, 9.17) is 10.3 Å². The van der Waals surface area contributed by atoms with Crippen LogP contribution in [0.3, 0.4) is 0 Å². The third-order valence-corrected chi connectivity index (χ3v) is 4.96. The first-order valence-electron chi connectivity index (χ1n) is 5.93. The van der Waals surface area contributed by atoms with E-state index in [1.165, 1.54) is 0 Å². The molecule has 1 unspecified atom stereocenters. The Balaban J connectivity index is 1.86. The molecule has 1 saturated heterocycles. The molecule has 0 saturated carbocycles. The summed E-state index contributed by atoms with van der Waals surface area (Å²) in [5.41, 5.74) is 7.04. The molecule has 2 heterocycles. The number of nitrogens with two attached hydrogens (primary N) is 1. The van der Waals surface area contributed by atoms with Gasteiger partial charge in [0.15, 0.2) is 15.7 Å². The van der Waals surface area contributed by atoms with Crippen LogP contribution in [0.15, 0.2) is 28.8 Å². The Morgan fingerprint density at radius 1 is 1.26 bits per heavy atom. The predicted molar refractivity (Wildman–Crippen MR) is 70.2 cm³/mol. The van der Waals surface area contributed by atoms with Gasteiger partial charge >= 0.3 is 0 Å². The summed E-state index contributed by atoms with van der Waals surface area (Å²) in [6, 6.07) is 7.08. The summed E-state index contributed by atoms with van der Waals surface area (Å²) in [4.78, 5) is 4.27. The molecule has 7 heteroatoms. The lowest BCUT2D eigenvalue weighted by Gasteiger charge is -1.98. The van der Waals surface area contributed by atoms with Gasteiger partial charge in [0.2, 0.25) is 0 Å². The minimum absolute atomic E-state index is 0.105. The molecule has 0 amide bonds. The largest absolute Gasteiger partial charge is 0.399 e. The van der Waals surface area contributed by atoms with E-state index < -0.39 is 9.84 Å². The van der Waals surface area contributed by atoms with Crippen molar-refractivity contribution in [1.29, 1.82) is 0 Å². The van der Waals surface area contributed by atoms with Crippen molar-refractivity contribution >= 4 is 15.5 Å². The van der Waals surface area contributed by atoms with Crippen LogP contribution in [0.5, 0.6) is 0 Å². The minimum atomic E-state index is -2.94. The van der Waals surface area contributed by atoms with Crippen molar-refractivity contribution in [2.45, 2.75) is 12.3 Å². The van der Waals surface area contributed by atoms with Gasteiger partial charge in [0.25, 0.3) is 5.89 Å². The van der Waals surface area contributed by atoms with Crippen LogP contribution in [-0.4, -0.2) is 30.1 Å². The number of rotatable bonds is 2. The van der Waals surface area contributed by atoms with Gasteiger partial charge in [-0.3, -0.25) is 0 Å². The Hall–Kier alpha value is -1.89. The van der Waals surface area contributed by atoms with Crippen LogP contribution in [0.4, 0.5) is 5.69 Å². The summed E-state index contributed by atoms with van der Waals surface area (Å²) < 4.78 is 28.0. The topological polar surface area (TPSA) is 99.1 Å². The molecule has 100 valence electrons. The number of hydrogen-bond acceptors (Lipinski definition) is 6. The lowest BCUT2D eigenvalue weighted by molar-refractivity contribution is 0.418. The van der Waals surface area contributed by atoms with Crippen LogP contribution < -0.4 is 5.73 Å². The number of nitrogens with zero attached hydrogens (tertiary/aromatic N) is 2. The van der Waals surface area contributed by atoms with E-state index in [0.717, 1.165) is 5.56 Å². The smallest absolute Gasteiger partial charge is 0.257 e. The molecule has 0 radical (unpaired) electrons. The summed E-state index contributed by atoms with van der Waals surface area (Å²) in [6.45, 7) is 0. The molecule has 6 nitrogen and oxygen atoms in total. The molecule has 3 rings (SSSR count). The average molecular weight is 279 g/mol. The zero-order valence-electron chi connectivity index (χ0n) is 10.1. The van der Waals surface area contributed by atoms with Crippen molar-refractivity contribution in [3.8, 4) is 11.5 Å². The van der Waals surface area contributed by atoms with Crippen LogP contribution in [0, 0.1) is 0 Å². The fourth-order valence-corrected chi connectivity index (χ4v) is 3.88. The van der Waals surface area contributed by atoms with E-state index in [0.29, 0.717) is 23.8 Å². The molecular weight excluding hydrogens is 266 g/mol. The lowest BCUT2D eigenvalue weighted by atomic mass is 10.1. The second-order valence-electron chi connectivity index (χ2n) is 4.68. The van der Waals surface area contributed by atoms with E-state index in [1.807, 2.05) is 0 Å². The normalized spacial score (nSPS) is 21.6. The average Bonchev–Trinajstić information content (AvgIpc) is 2.96. The highest BCUT2D eigenvalue weighted by Gasteiger charge is 2.32. The molecular formula is C12H13N3O3S. The Morgan fingerprint density at radius 2 is 2.00 bits per heavy atom. The maximum absolute atomic E-state index is 11.4. The third-order valence-electron chi connectivity index (χ3n) is 3.20. The molecule has 1 aromatic heterocycles. The fraction of sp³-hybridized carbons (Fsp3) is 0.333. The molecule has 1 aromatic carbocycles. The van der Waals surface area contributed by atoms with Gasteiger partial charge in [-0.25, -0.2) is 8.42 Å². The number of hydrogen-bond donors (Lipinski definition) is 1. The highest BCUT2D eigenvalue weighted by Crippen LogP contribution is 2.28. The Kier molecular flexibility index (Phi) is 2.78. The van der Waals surface area contributed by atoms with Gasteiger partial charge in [-0.1, -0.05) is 5.16 Å². The van der Waals surface area contributed by atoms with Crippen LogP contribution in [0.1, 0.15) is 18.2 Å². The van der Waals surface area contributed by atoms with Crippen molar-refractivity contribution in [2.24, 2.45) is 0 Å². The molecule has 2 N–H and O–H groups in total. The number of benzene rings is 1. The standard InChI is InChI=1S/C12H13N3O3S/c13-10-3-1-8(2-4-10)12-14-11(15-18-12)9-5-6-19(16,17)7-9/h1-4,9H,5-7,13H2. The first-order chi connectivity index (χ1) is 9.03. The maximum Gasteiger partial charge on any atom is 0.257 e. The summed E-state index contributed by atoms with van der Waals surface area (Å²) in [7, 11) is -2.94. The van der Waals surface area contributed by atoms with Gasteiger partial charge < -0.3 is 10.3 Å². The zero-order chi connectivity index (χ0) is 13.5. The van der Waals surface area contributed by atoms with Crippen LogP contribution in [0.25, 0.3) is 11.5 Å². The zero-order valence-corrected chi connectivity index (χ0v) is 10.9. The first-order valence-corrected chi connectivity index (χ1v) is 7.75. The maximum atomic E-state index is 11.4. The van der Waals surface area contributed by atoms with E-state index >= 15 is 0 Å². The first kappa shape index (κ1) is 12.2. The number of anilines is 1. The third kappa shape index (κ3) is 2.46. The van der Waals surface area contributed by atoms with Crippen molar-refractivity contribution in [2.75, 3.05) is 17.2 Å². The Labute approximate surface area is 110 Å². The molecule has 0 spiro atoms. The van der Waals surface area contributed by atoms with E-state index in [-0.39, 0.29) is 17.4 Å². The molecule has 1 atom stereocenters. The second kappa shape index (κ2) is 4.34. The summed E-state index contributed by atoms with van der Waals surface area (Å²) >= 11 is 0. The minimum Gasteiger partial charge on any atom is -0.399 e. The SMILES string of the molecule is Nc1ccc(-c2nc(C3CCS(=O)(=O)C3)no2)cc1. The van der Waals surface area contributed by atoms with Gasteiger partial charge in [-0.2, -0.15) is 4.98 Å². The highest BCUT2D eigenvalue weighted by atomic mass is 32.2. The highest BCUT2D eigenvalue weighted by molar-refractivity contribution is 7.91. The van der Waals surface area contributed by atoms with Crippen LogP contribution in [-0.2, 0) is 9.84 Å². The summed E-state index contributed by atoms with van der Waals surface area (Å²) in [5.74, 6) is 1.00. The van der Waals surface area contributed by atoms with Gasteiger partial charge in [-0.15, -0.1) is 0 Å². The monoisotopic (exact) mass is 279 g/mol. The molecule has 1 aliphatic heterocycles.